The van der Waals surface area contributed by atoms with Crippen molar-refractivity contribution in [3.05, 3.63) is 131 Å². The third kappa shape index (κ3) is 5.49. The van der Waals surface area contributed by atoms with E-state index in [1.807, 2.05) is 93.0 Å². The molecule has 4 amide bonds. The van der Waals surface area contributed by atoms with Gasteiger partial charge in [0, 0.05) is 24.0 Å². The Kier molecular flexibility index (Phi) is 8.04. The molecule has 0 radical (unpaired) electrons. The Hall–Kier alpha value is -5.15. The van der Waals surface area contributed by atoms with Crippen molar-refractivity contribution in [3.8, 4) is 0 Å². The molecule has 6 rings (SSSR count). The zero-order valence-corrected chi connectivity index (χ0v) is 24.8. The standard InChI is InChI=1S/C35H35N5O4/c1-39(2)19-18-28-29-22-24(15-16-30(29)37-31(28)32(41)36-23-27-14-9-21-44-27)17-20-40-33(42)35(38-34(40)43,25-10-5-3-6-11-25)26-12-7-4-8-13-26/h3-16,21-22,37H,17-20,23H2,1-2H3,(H,36,41)(H,38,43). The number of aromatic amines is 1. The summed E-state index contributed by atoms with van der Waals surface area (Å²) in [5.74, 6) is 0.172. The van der Waals surface area contributed by atoms with E-state index in [1.165, 1.54) is 4.90 Å². The first-order chi connectivity index (χ1) is 21.4. The number of furan rings is 1. The average Bonchev–Trinajstić information content (AvgIpc) is 3.75. The molecule has 1 saturated heterocycles. The van der Waals surface area contributed by atoms with Gasteiger partial charge in [0.15, 0.2) is 5.54 Å². The first kappa shape index (κ1) is 28.9. The molecule has 2 aromatic heterocycles. The van der Waals surface area contributed by atoms with Crippen LogP contribution in [0.5, 0.6) is 0 Å². The van der Waals surface area contributed by atoms with Crippen molar-refractivity contribution >= 4 is 28.7 Å². The van der Waals surface area contributed by atoms with Crippen LogP contribution in [0.2, 0.25) is 0 Å². The van der Waals surface area contributed by atoms with Crippen molar-refractivity contribution in [2.45, 2.75) is 24.9 Å². The van der Waals surface area contributed by atoms with Crippen LogP contribution in [0.3, 0.4) is 0 Å². The van der Waals surface area contributed by atoms with Crippen LogP contribution in [0.25, 0.3) is 10.9 Å². The fourth-order valence-corrected chi connectivity index (χ4v) is 5.86. The number of carbonyl (C=O) groups is 3. The molecule has 224 valence electrons. The lowest BCUT2D eigenvalue weighted by molar-refractivity contribution is -0.130. The van der Waals surface area contributed by atoms with E-state index in [0.29, 0.717) is 42.0 Å². The van der Waals surface area contributed by atoms with Crippen molar-refractivity contribution in [1.82, 2.24) is 25.4 Å². The van der Waals surface area contributed by atoms with E-state index in [4.69, 9.17) is 4.42 Å². The molecule has 0 atom stereocenters. The third-order valence-electron chi connectivity index (χ3n) is 8.15. The molecule has 0 bridgehead atoms. The third-order valence-corrected chi connectivity index (χ3v) is 8.15. The van der Waals surface area contributed by atoms with E-state index in [0.717, 1.165) is 28.6 Å². The van der Waals surface area contributed by atoms with Gasteiger partial charge in [0.05, 0.1) is 12.8 Å². The Morgan fingerprint density at radius 1 is 0.909 bits per heavy atom. The number of rotatable bonds is 11. The summed E-state index contributed by atoms with van der Waals surface area (Å²) in [6.07, 6.45) is 2.72. The van der Waals surface area contributed by atoms with E-state index in [2.05, 4.69) is 26.6 Å². The molecule has 1 aliphatic heterocycles. The lowest BCUT2D eigenvalue weighted by Crippen LogP contribution is -2.45. The molecule has 0 saturated carbocycles. The predicted molar refractivity (Wildman–Crippen MR) is 168 cm³/mol. The van der Waals surface area contributed by atoms with E-state index < -0.39 is 11.6 Å². The van der Waals surface area contributed by atoms with Gasteiger partial charge in [-0.1, -0.05) is 66.7 Å². The van der Waals surface area contributed by atoms with Crippen LogP contribution in [0.4, 0.5) is 4.79 Å². The number of amides is 4. The minimum Gasteiger partial charge on any atom is -0.467 e. The highest BCUT2D eigenvalue weighted by molar-refractivity contribution is 6.09. The number of carbonyl (C=O) groups excluding carboxylic acids is 3. The largest absolute Gasteiger partial charge is 0.467 e. The van der Waals surface area contributed by atoms with Gasteiger partial charge in [0.1, 0.15) is 11.5 Å². The van der Waals surface area contributed by atoms with E-state index in [-0.39, 0.29) is 18.4 Å². The molecule has 1 fully saturated rings. The minimum atomic E-state index is -1.29. The molecule has 44 heavy (non-hydrogen) atoms. The van der Waals surface area contributed by atoms with Gasteiger partial charge < -0.3 is 24.9 Å². The molecule has 3 aromatic carbocycles. The highest BCUT2D eigenvalue weighted by Crippen LogP contribution is 2.36. The number of nitrogens with one attached hydrogen (secondary N) is 3. The molecular weight excluding hydrogens is 554 g/mol. The summed E-state index contributed by atoms with van der Waals surface area (Å²) >= 11 is 0. The second kappa shape index (κ2) is 12.2. The number of benzene rings is 3. The lowest BCUT2D eigenvalue weighted by atomic mass is 9.82. The van der Waals surface area contributed by atoms with E-state index in [9.17, 15) is 14.4 Å². The summed E-state index contributed by atoms with van der Waals surface area (Å²) in [6.45, 7) is 1.27. The number of hydrogen-bond donors (Lipinski definition) is 3. The summed E-state index contributed by atoms with van der Waals surface area (Å²) < 4.78 is 5.36. The number of H-pyrrole nitrogens is 1. The number of fused-ring (bicyclic) bond motifs is 1. The van der Waals surface area contributed by atoms with Crippen molar-refractivity contribution in [3.63, 3.8) is 0 Å². The molecule has 3 N–H and O–H groups in total. The van der Waals surface area contributed by atoms with E-state index >= 15 is 0 Å². The second-order valence-corrected chi connectivity index (χ2v) is 11.3. The monoisotopic (exact) mass is 589 g/mol. The number of hydrogen-bond acceptors (Lipinski definition) is 5. The molecule has 1 aliphatic rings. The molecule has 0 unspecified atom stereocenters. The fourth-order valence-electron chi connectivity index (χ4n) is 5.86. The molecular formula is C35H35N5O4. The van der Waals surface area contributed by atoms with E-state index in [1.54, 1.807) is 12.3 Å². The van der Waals surface area contributed by atoms with Crippen LogP contribution in [0, 0.1) is 0 Å². The van der Waals surface area contributed by atoms with Gasteiger partial charge in [-0.15, -0.1) is 0 Å². The van der Waals surface area contributed by atoms with Crippen LogP contribution in [-0.2, 0) is 29.7 Å². The highest BCUT2D eigenvalue weighted by atomic mass is 16.3. The normalized spacial score (nSPS) is 14.4. The van der Waals surface area contributed by atoms with Gasteiger partial charge in [0.2, 0.25) is 0 Å². The first-order valence-corrected chi connectivity index (χ1v) is 14.7. The van der Waals surface area contributed by atoms with Crippen molar-refractivity contribution in [1.29, 1.82) is 0 Å². The molecule has 9 nitrogen and oxygen atoms in total. The maximum atomic E-state index is 14.1. The molecule has 0 spiro atoms. The number of aromatic nitrogens is 1. The highest BCUT2D eigenvalue weighted by Gasteiger charge is 2.53. The Morgan fingerprint density at radius 2 is 1.61 bits per heavy atom. The average molecular weight is 590 g/mol. The maximum absolute atomic E-state index is 14.1. The zero-order chi connectivity index (χ0) is 30.7. The van der Waals surface area contributed by atoms with Crippen molar-refractivity contribution in [2.24, 2.45) is 0 Å². The second-order valence-electron chi connectivity index (χ2n) is 11.3. The molecule has 9 heteroatoms. The molecule has 5 aromatic rings. The van der Waals surface area contributed by atoms with Gasteiger partial charge in [-0.3, -0.25) is 14.5 Å². The lowest BCUT2D eigenvalue weighted by Gasteiger charge is -2.28. The number of imide groups is 1. The van der Waals surface area contributed by atoms with Gasteiger partial charge >= 0.3 is 6.03 Å². The van der Waals surface area contributed by atoms with Crippen LogP contribution >= 0.6 is 0 Å². The van der Waals surface area contributed by atoms with Gasteiger partial charge in [-0.05, 0) is 73.5 Å². The molecule has 0 aliphatic carbocycles. The Morgan fingerprint density at radius 3 is 2.25 bits per heavy atom. The Labute approximate surface area is 255 Å². The summed E-state index contributed by atoms with van der Waals surface area (Å²) in [5.41, 5.74) is 3.40. The maximum Gasteiger partial charge on any atom is 0.325 e. The Bertz CT molecular complexity index is 1740. The first-order valence-electron chi connectivity index (χ1n) is 14.7. The van der Waals surface area contributed by atoms with Crippen LogP contribution in [0.1, 0.15) is 38.5 Å². The van der Waals surface area contributed by atoms with Crippen LogP contribution in [0.15, 0.2) is 102 Å². The number of nitrogens with zero attached hydrogens (tertiary/aromatic N) is 2. The quantitative estimate of drug-likeness (QED) is 0.191. The number of likely N-dealkylation sites (N-methyl/N-ethyl adjacent to an activating group) is 1. The van der Waals surface area contributed by atoms with Crippen LogP contribution < -0.4 is 10.6 Å². The van der Waals surface area contributed by atoms with Gasteiger partial charge in [-0.25, -0.2) is 4.79 Å². The molecule has 3 heterocycles. The van der Waals surface area contributed by atoms with Crippen LogP contribution in [-0.4, -0.2) is 59.8 Å². The van der Waals surface area contributed by atoms with Gasteiger partial charge in [-0.2, -0.15) is 0 Å². The fraction of sp³-hybridized carbons (Fsp3) is 0.229. The summed E-state index contributed by atoms with van der Waals surface area (Å²) in [4.78, 5) is 47.4. The van der Waals surface area contributed by atoms with Crippen molar-refractivity contribution in [2.75, 3.05) is 27.2 Å². The minimum absolute atomic E-state index is 0.203. The zero-order valence-electron chi connectivity index (χ0n) is 24.8. The number of urea groups is 1. The Balaban J connectivity index is 1.26. The topological polar surface area (TPSA) is 111 Å². The summed E-state index contributed by atoms with van der Waals surface area (Å²) in [5, 5.41) is 6.91. The summed E-state index contributed by atoms with van der Waals surface area (Å²) in [7, 11) is 4.00. The predicted octanol–water partition coefficient (Wildman–Crippen LogP) is 4.83. The SMILES string of the molecule is CN(C)CCc1c(C(=O)NCc2ccco2)[nH]c2ccc(CCN3C(=O)NC(c4ccccc4)(c4ccccc4)C3=O)cc12. The summed E-state index contributed by atoms with van der Waals surface area (Å²) in [6, 6.07) is 27.9. The van der Waals surface area contributed by atoms with Gasteiger partial charge in [0.25, 0.3) is 11.8 Å². The van der Waals surface area contributed by atoms with Crippen molar-refractivity contribution < 1.29 is 18.8 Å². The smallest absolute Gasteiger partial charge is 0.325 e.